The molecule has 0 amide bonds. The molecule has 0 aliphatic rings. The largest absolute Gasteiger partial charge is 0.480 e. The van der Waals surface area contributed by atoms with Gasteiger partial charge in [-0.25, -0.2) is 0 Å². The Hall–Kier alpha value is -1.40. The second-order valence-corrected chi connectivity index (χ2v) is 3.03. The lowest BCUT2D eigenvalue weighted by molar-refractivity contribution is -0.138. The minimum absolute atomic E-state index is 0.0936. The molecule has 2 unspecified atom stereocenters. The fraction of sp³-hybridized carbons (Fsp3) is 0.500. The zero-order chi connectivity index (χ0) is 11.3. The van der Waals surface area contributed by atoms with Gasteiger partial charge in [0.1, 0.15) is 12.1 Å². The van der Waals surface area contributed by atoms with Crippen LogP contribution in [0.3, 0.4) is 0 Å². The predicted molar refractivity (Wildman–Crippen MR) is 49.6 cm³/mol. The second-order valence-electron chi connectivity index (χ2n) is 3.03. The van der Waals surface area contributed by atoms with E-state index in [4.69, 9.17) is 21.7 Å². The van der Waals surface area contributed by atoms with E-state index in [1.54, 1.807) is 6.92 Å². The van der Waals surface area contributed by atoms with Crippen molar-refractivity contribution in [3.8, 4) is 0 Å². The van der Waals surface area contributed by atoms with Gasteiger partial charge in [0.25, 0.3) is 0 Å². The predicted octanol–water partition coefficient (Wildman–Crippen LogP) is -0.853. The summed E-state index contributed by atoms with van der Waals surface area (Å²) in [6.45, 7) is 1.59. The number of hydrogen-bond donors (Lipinski definition) is 4. The van der Waals surface area contributed by atoms with Gasteiger partial charge in [-0.3, -0.25) is 9.59 Å². The average molecular weight is 202 g/mol. The Labute approximate surface area is 81.2 Å². The molecule has 0 aliphatic carbocycles. The molecule has 0 bridgehead atoms. The number of rotatable bonds is 5. The number of hydrogen-bond acceptors (Lipinski definition) is 4. The molecule has 0 aromatic rings. The first-order valence-corrected chi connectivity index (χ1v) is 3.98. The molecule has 6 nitrogen and oxygen atoms in total. The Morgan fingerprint density at radius 2 is 1.79 bits per heavy atom. The van der Waals surface area contributed by atoms with E-state index in [2.05, 4.69) is 0 Å². The van der Waals surface area contributed by atoms with Crippen LogP contribution in [0.15, 0.2) is 11.6 Å². The van der Waals surface area contributed by atoms with E-state index in [1.165, 1.54) is 6.08 Å². The zero-order valence-corrected chi connectivity index (χ0v) is 7.80. The Morgan fingerprint density at radius 3 is 2.14 bits per heavy atom. The number of carboxylic acid groups (broad SMARTS) is 2. The first kappa shape index (κ1) is 12.6. The monoisotopic (exact) mass is 202 g/mol. The lowest BCUT2D eigenvalue weighted by Crippen LogP contribution is -2.31. The van der Waals surface area contributed by atoms with Gasteiger partial charge in [-0.15, -0.1) is 0 Å². The highest BCUT2D eigenvalue weighted by molar-refractivity contribution is 5.76. The summed E-state index contributed by atoms with van der Waals surface area (Å²) in [4.78, 5) is 20.7. The Bertz CT molecular complexity index is 262. The number of aliphatic carboxylic acids is 2. The lowest BCUT2D eigenvalue weighted by Gasteiger charge is -2.07. The van der Waals surface area contributed by atoms with Crippen molar-refractivity contribution >= 4 is 11.9 Å². The van der Waals surface area contributed by atoms with Crippen LogP contribution in [0.2, 0.25) is 0 Å². The number of nitrogens with two attached hydrogens (primary N) is 2. The SMILES string of the molecule is C/C(=C/C(N)C(=O)O)CC(N)C(=O)O. The van der Waals surface area contributed by atoms with Gasteiger partial charge < -0.3 is 21.7 Å². The van der Waals surface area contributed by atoms with Crippen LogP contribution >= 0.6 is 0 Å². The van der Waals surface area contributed by atoms with Gasteiger partial charge in [-0.1, -0.05) is 11.6 Å². The second kappa shape index (κ2) is 5.36. The molecule has 0 aliphatic heterocycles. The molecule has 0 aromatic heterocycles. The van der Waals surface area contributed by atoms with Crippen LogP contribution in [0.1, 0.15) is 13.3 Å². The maximum atomic E-state index is 10.4. The summed E-state index contributed by atoms with van der Waals surface area (Å²) < 4.78 is 0. The molecule has 6 N–H and O–H groups in total. The Kier molecular flexibility index (Phi) is 4.82. The molecular formula is C8H14N2O4. The van der Waals surface area contributed by atoms with Gasteiger partial charge in [0.2, 0.25) is 0 Å². The number of carboxylic acids is 2. The smallest absolute Gasteiger partial charge is 0.324 e. The third kappa shape index (κ3) is 4.58. The Balaban J connectivity index is 4.26. The molecule has 0 saturated heterocycles. The van der Waals surface area contributed by atoms with E-state index in [0.717, 1.165) is 0 Å². The Morgan fingerprint density at radius 1 is 1.29 bits per heavy atom. The van der Waals surface area contributed by atoms with Crippen molar-refractivity contribution in [1.29, 1.82) is 0 Å². The van der Waals surface area contributed by atoms with E-state index < -0.39 is 24.0 Å². The van der Waals surface area contributed by atoms with E-state index >= 15 is 0 Å². The summed E-state index contributed by atoms with van der Waals surface area (Å²) in [5.74, 6) is -2.28. The van der Waals surface area contributed by atoms with Crippen LogP contribution in [-0.4, -0.2) is 34.2 Å². The maximum Gasteiger partial charge on any atom is 0.324 e. The zero-order valence-electron chi connectivity index (χ0n) is 7.80. The molecule has 0 spiro atoms. The summed E-state index contributed by atoms with van der Waals surface area (Å²) in [6.07, 6.45) is 1.38. The maximum absolute atomic E-state index is 10.4. The van der Waals surface area contributed by atoms with Gasteiger partial charge >= 0.3 is 11.9 Å². The van der Waals surface area contributed by atoms with Crippen LogP contribution in [0, 0.1) is 0 Å². The van der Waals surface area contributed by atoms with Crippen molar-refractivity contribution in [3.05, 3.63) is 11.6 Å². The molecular weight excluding hydrogens is 188 g/mol. The summed E-state index contributed by atoms with van der Waals surface area (Å²) in [6, 6.07) is -2.14. The molecule has 6 heteroatoms. The molecule has 0 saturated carbocycles. The van der Waals surface area contributed by atoms with E-state index in [-0.39, 0.29) is 6.42 Å². The van der Waals surface area contributed by atoms with Crippen molar-refractivity contribution in [1.82, 2.24) is 0 Å². The highest BCUT2D eigenvalue weighted by atomic mass is 16.4. The third-order valence-electron chi connectivity index (χ3n) is 1.61. The third-order valence-corrected chi connectivity index (χ3v) is 1.61. The van der Waals surface area contributed by atoms with Gasteiger partial charge in [0.15, 0.2) is 0 Å². The first-order valence-electron chi connectivity index (χ1n) is 3.98. The van der Waals surface area contributed by atoms with Crippen molar-refractivity contribution in [2.24, 2.45) is 11.5 Å². The fourth-order valence-electron chi connectivity index (χ4n) is 0.880. The number of carbonyl (C=O) groups is 2. The van der Waals surface area contributed by atoms with Crippen molar-refractivity contribution in [2.45, 2.75) is 25.4 Å². The van der Waals surface area contributed by atoms with E-state index in [0.29, 0.717) is 5.57 Å². The summed E-state index contributed by atoms with van der Waals surface area (Å²) in [5.41, 5.74) is 11.0. The standard InChI is InChI=1S/C8H14N2O4/c1-4(2-5(9)7(11)12)3-6(10)8(13)14/h2,5-6H,3,9-10H2,1H3,(H,11,12)(H,13,14)/b4-2-. The lowest BCUT2D eigenvalue weighted by atomic mass is 10.1. The highest BCUT2D eigenvalue weighted by Crippen LogP contribution is 2.04. The van der Waals surface area contributed by atoms with E-state index in [1.807, 2.05) is 0 Å². The first-order chi connectivity index (χ1) is 6.34. The average Bonchev–Trinajstić information content (AvgIpc) is 2.03. The molecule has 2 atom stereocenters. The van der Waals surface area contributed by atoms with E-state index in [9.17, 15) is 9.59 Å². The molecule has 0 aromatic carbocycles. The van der Waals surface area contributed by atoms with Crippen LogP contribution < -0.4 is 11.5 Å². The minimum atomic E-state index is -1.16. The van der Waals surface area contributed by atoms with Crippen LogP contribution in [0.5, 0.6) is 0 Å². The van der Waals surface area contributed by atoms with Crippen molar-refractivity contribution in [2.75, 3.05) is 0 Å². The molecule has 0 heterocycles. The van der Waals surface area contributed by atoms with Gasteiger partial charge in [0.05, 0.1) is 0 Å². The normalized spacial score (nSPS) is 16.1. The topological polar surface area (TPSA) is 127 Å². The molecule has 0 fully saturated rings. The van der Waals surface area contributed by atoms with Crippen molar-refractivity contribution < 1.29 is 19.8 Å². The summed E-state index contributed by atoms with van der Waals surface area (Å²) in [5, 5.41) is 16.9. The van der Waals surface area contributed by atoms with Crippen LogP contribution in [-0.2, 0) is 9.59 Å². The fourth-order valence-corrected chi connectivity index (χ4v) is 0.880. The molecule has 14 heavy (non-hydrogen) atoms. The van der Waals surface area contributed by atoms with Crippen molar-refractivity contribution in [3.63, 3.8) is 0 Å². The molecule has 0 rings (SSSR count). The summed E-state index contributed by atoms with van der Waals surface area (Å²) >= 11 is 0. The summed E-state index contributed by atoms with van der Waals surface area (Å²) in [7, 11) is 0. The van der Waals surface area contributed by atoms with Gasteiger partial charge in [-0.05, 0) is 13.3 Å². The quantitative estimate of drug-likeness (QED) is 0.430. The highest BCUT2D eigenvalue weighted by Gasteiger charge is 2.13. The van der Waals surface area contributed by atoms with Crippen LogP contribution in [0.25, 0.3) is 0 Å². The van der Waals surface area contributed by atoms with Gasteiger partial charge in [0, 0.05) is 0 Å². The molecule has 80 valence electrons. The van der Waals surface area contributed by atoms with Crippen LogP contribution in [0.4, 0.5) is 0 Å². The molecule has 0 radical (unpaired) electrons. The minimum Gasteiger partial charge on any atom is -0.480 e. The van der Waals surface area contributed by atoms with Gasteiger partial charge in [-0.2, -0.15) is 0 Å².